The number of benzene rings is 1. The van der Waals surface area contributed by atoms with Gasteiger partial charge in [0.25, 0.3) is 5.56 Å². The molecule has 1 aromatic carbocycles. The predicted molar refractivity (Wildman–Crippen MR) is 136 cm³/mol. The largest absolute Gasteiger partial charge is 0.464 e. The molecular formula is C28H36N4O4. The van der Waals surface area contributed by atoms with E-state index in [1.54, 1.807) is 0 Å². The summed E-state index contributed by atoms with van der Waals surface area (Å²) in [6.07, 6.45) is 13.7. The monoisotopic (exact) mass is 492 g/mol. The molecule has 2 aliphatic heterocycles. The number of para-hydroxylation sites is 2. The van der Waals surface area contributed by atoms with E-state index in [1.807, 2.05) is 28.8 Å². The lowest BCUT2D eigenvalue weighted by molar-refractivity contribution is -0.132. The highest BCUT2D eigenvalue weighted by atomic mass is 16.5. The predicted octanol–water partition coefficient (Wildman–Crippen LogP) is 4.27. The Balaban J connectivity index is 1.37. The van der Waals surface area contributed by atoms with Gasteiger partial charge in [-0.3, -0.25) is 9.69 Å². The van der Waals surface area contributed by atoms with Crippen molar-refractivity contribution in [2.24, 2.45) is 17.0 Å². The quantitative estimate of drug-likeness (QED) is 0.296. The van der Waals surface area contributed by atoms with Crippen molar-refractivity contribution in [3.8, 4) is 0 Å². The van der Waals surface area contributed by atoms with Gasteiger partial charge in [0.05, 0.1) is 18.1 Å². The van der Waals surface area contributed by atoms with Gasteiger partial charge in [0.2, 0.25) is 5.71 Å². The molecule has 2 aromatic rings. The van der Waals surface area contributed by atoms with E-state index < -0.39 is 17.2 Å². The first-order valence-electron chi connectivity index (χ1n) is 13.7. The molecule has 8 heteroatoms. The van der Waals surface area contributed by atoms with Crippen LogP contribution in [0.1, 0.15) is 82.4 Å². The van der Waals surface area contributed by atoms with Crippen molar-refractivity contribution < 1.29 is 14.7 Å². The van der Waals surface area contributed by atoms with Crippen LogP contribution in [0.5, 0.6) is 0 Å². The fourth-order valence-corrected chi connectivity index (χ4v) is 8.09. The molecule has 2 aliphatic carbocycles. The maximum Gasteiger partial charge on any atom is 0.362 e. The second-order valence-electron chi connectivity index (χ2n) is 11.4. The molecule has 36 heavy (non-hydrogen) atoms. The lowest BCUT2D eigenvalue weighted by Crippen LogP contribution is -2.58. The number of carbonyl (C=O) groups excluding carboxylic acids is 1. The van der Waals surface area contributed by atoms with Gasteiger partial charge in [-0.1, -0.05) is 43.0 Å². The number of hydrogen-bond donors (Lipinski definition) is 1. The van der Waals surface area contributed by atoms with E-state index in [0.717, 1.165) is 30.2 Å². The van der Waals surface area contributed by atoms with Crippen LogP contribution in [-0.2, 0) is 9.53 Å². The Bertz CT molecular complexity index is 1210. The van der Waals surface area contributed by atoms with E-state index in [1.165, 1.54) is 64.9 Å². The SMILES string of the molecule is COC(=O)/C(=N\O)c1nc2ccccc2n(C2CC3CCCC(C2)N3C2CC3CCCC(C3)C2)c1=O. The first kappa shape index (κ1) is 23.6. The van der Waals surface area contributed by atoms with Crippen molar-refractivity contribution in [1.29, 1.82) is 0 Å². The molecule has 0 spiro atoms. The van der Waals surface area contributed by atoms with E-state index in [-0.39, 0.29) is 11.7 Å². The standard InChI is InChI=1S/C28H36N4O4/c1-36-28(34)26(30-35)25-27(33)32(24-11-3-2-10-23(24)29-25)22-15-19-8-5-9-20(16-22)31(19)21-13-17-6-4-7-18(12-17)14-21/h2-3,10-11,17-22,35H,4-9,12-16H2,1H3/b30-26-. The number of rotatable bonds is 4. The summed E-state index contributed by atoms with van der Waals surface area (Å²) < 4.78 is 6.58. The van der Waals surface area contributed by atoms with Gasteiger partial charge in [0.15, 0.2) is 5.69 Å². The lowest BCUT2D eigenvalue weighted by Gasteiger charge is -2.55. The van der Waals surface area contributed by atoms with Gasteiger partial charge in [0, 0.05) is 24.2 Å². The third-order valence-electron chi connectivity index (χ3n) is 9.39. The van der Waals surface area contributed by atoms with E-state index in [4.69, 9.17) is 4.74 Å². The minimum Gasteiger partial charge on any atom is -0.464 e. The van der Waals surface area contributed by atoms with E-state index in [9.17, 15) is 14.8 Å². The van der Waals surface area contributed by atoms with Crippen molar-refractivity contribution in [3.05, 3.63) is 40.3 Å². The molecule has 0 amide bonds. The summed E-state index contributed by atoms with van der Waals surface area (Å²) in [5, 5.41) is 12.6. The van der Waals surface area contributed by atoms with Crippen LogP contribution in [0.15, 0.2) is 34.2 Å². The smallest absolute Gasteiger partial charge is 0.362 e. The van der Waals surface area contributed by atoms with Crippen molar-refractivity contribution in [2.45, 2.75) is 94.8 Å². The summed E-state index contributed by atoms with van der Waals surface area (Å²) in [5.41, 5.74) is 0.363. The molecule has 2 saturated heterocycles. The van der Waals surface area contributed by atoms with Gasteiger partial charge in [0.1, 0.15) is 0 Å². The molecule has 2 saturated carbocycles. The zero-order chi connectivity index (χ0) is 24.8. The molecule has 4 atom stereocenters. The highest BCUT2D eigenvalue weighted by molar-refractivity contribution is 6.42. The fourth-order valence-electron chi connectivity index (χ4n) is 8.09. The summed E-state index contributed by atoms with van der Waals surface area (Å²) in [6, 6.07) is 9.16. The first-order chi connectivity index (χ1) is 17.6. The number of ether oxygens (including phenoxy) is 1. The van der Waals surface area contributed by atoms with Gasteiger partial charge in [-0.05, 0) is 68.9 Å². The third kappa shape index (κ3) is 4.03. The van der Waals surface area contributed by atoms with Crippen LogP contribution in [0.4, 0.5) is 0 Å². The molecule has 4 unspecified atom stereocenters. The molecule has 4 bridgehead atoms. The lowest BCUT2D eigenvalue weighted by atomic mass is 9.68. The number of fused-ring (bicyclic) bond motifs is 5. The molecule has 6 rings (SSSR count). The first-order valence-corrected chi connectivity index (χ1v) is 13.7. The molecule has 8 nitrogen and oxygen atoms in total. The zero-order valence-electron chi connectivity index (χ0n) is 21.0. The average molecular weight is 493 g/mol. The van der Waals surface area contributed by atoms with Crippen molar-refractivity contribution in [2.75, 3.05) is 7.11 Å². The second kappa shape index (κ2) is 9.61. The van der Waals surface area contributed by atoms with Crippen LogP contribution in [-0.4, -0.2) is 56.6 Å². The average Bonchev–Trinajstić information content (AvgIpc) is 2.88. The van der Waals surface area contributed by atoms with Crippen molar-refractivity contribution in [1.82, 2.24) is 14.5 Å². The number of esters is 1. The normalized spacial score (nSPS) is 32.9. The molecule has 0 radical (unpaired) electrons. The van der Waals surface area contributed by atoms with Gasteiger partial charge >= 0.3 is 5.97 Å². The number of nitrogens with zero attached hydrogens (tertiary/aromatic N) is 4. The van der Waals surface area contributed by atoms with Gasteiger partial charge in [-0.25, -0.2) is 9.78 Å². The van der Waals surface area contributed by atoms with E-state index >= 15 is 0 Å². The minimum atomic E-state index is -0.876. The molecule has 1 aromatic heterocycles. The number of piperidine rings is 2. The minimum absolute atomic E-state index is 0.0105. The number of carbonyl (C=O) groups is 1. The van der Waals surface area contributed by atoms with Gasteiger partial charge < -0.3 is 14.5 Å². The maximum atomic E-state index is 13.8. The number of methoxy groups -OCH3 is 1. The Kier molecular flexibility index (Phi) is 6.32. The van der Waals surface area contributed by atoms with Crippen LogP contribution >= 0.6 is 0 Å². The van der Waals surface area contributed by atoms with Crippen LogP contribution < -0.4 is 5.56 Å². The molecule has 1 N–H and O–H groups in total. The van der Waals surface area contributed by atoms with Crippen LogP contribution in [0, 0.1) is 11.8 Å². The van der Waals surface area contributed by atoms with Crippen LogP contribution in [0.3, 0.4) is 0 Å². The summed E-state index contributed by atoms with van der Waals surface area (Å²) in [6.45, 7) is 0. The fraction of sp³-hybridized carbons (Fsp3) is 0.643. The summed E-state index contributed by atoms with van der Waals surface area (Å²) in [4.78, 5) is 33.4. The molecule has 192 valence electrons. The molecule has 4 aliphatic rings. The Morgan fingerprint density at radius 3 is 2.28 bits per heavy atom. The van der Waals surface area contributed by atoms with Crippen molar-refractivity contribution in [3.63, 3.8) is 0 Å². The van der Waals surface area contributed by atoms with Gasteiger partial charge in [-0.2, -0.15) is 0 Å². The summed E-state index contributed by atoms with van der Waals surface area (Å²) >= 11 is 0. The Labute approximate surface area is 211 Å². The molecule has 4 fully saturated rings. The highest BCUT2D eigenvalue weighted by Gasteiger charge is 2.45. The number of hydrogen-bond acceptors (Lipinski definition) is 7. The van der Waals surface area contributed by atoms with Gasteiger partial charge in [-0.15, -0.1) is 0 Å². The van der Waals surface area contributed by atoms with Crippen LogP contribution in [0.25, 0.3) is 11.0 Å². The van der Waals surface area contributed by atoms with Crippen LogP contribution in [0.2, 0.25) is 0 Å². The maximum absolute atomic E-state index is 13.8. The number of oxime groups is 1. The highest BCUT2D eigenvalue weighted by Crippen LogP contribution is 2.47. The third-order valence-corrected chi connectivity index (χ3v) is 9.39. The zero-order valence-corrected chi connectivity index (χ0v) is 21.0. The molecule has 3 heterocycles. The van der Waals surface area contributed by atoms with E-state index in [0.29, 0.717) is 23.6 Å². The van der Waals surface area contributed by atoms with E-state index in [2.05, 4.69) is 15.0 Å². The van der Waals surface area contributed by atoms with Crippen molar-refractivity contribution >= 4 is 22.7 Å². The second-order valence-corrected chi connectivity index (χ2v) is 11.4. The Morgan fingerprint density at radius 2 is 1.61 bits per heavy atom. The molecular weight excluding hydrogens is 456 g/mol. The Hall–Kier alpha value is -2.74. The number of aromatic nitrogens is 2. The summed E-state index contributed by atoms with van der Waals surface area (Å²) in [5.74, 6) is 0.910. The Morgan fingerprint density at radius 1 is 0.944 bits per heavy atom. The topological polar surface area (TPSA) is 97.0 Å². The summed E-state index contributed by atoms with van der Waals surface area (Å²) in [7, 11) is 1.20.